The van der Waals surface area contributed by atoms with E-state index in [1.807, 2.05) is 0 Å². The van der Waals surface area contributed by atoms with Gasteiger partial charge >= 0.3 is 0 Å². The van der Waals surface area contributed by atoms with Crippen LogP contribution in [0.3, 0.4) is 0 Å². The summed E-state index contributed by atoms with van der Waals surface area (Å²) >= 11 is 0. The second kappa shape index (κ2) is 6.64. The van der Waals surface area contributed by atoms with Crippen LogP contribution in [0, 0.1) is 11.8 Å². The highest BCUT2D eigenvalue weighted by Gasteiger charge is 2.28. The van der Waals surface area contributed by atoms with Crippen molar-refractivity contribution in [3.05, 3.63) is 0 Å². The van der Waals surface area contributed by atoms with Gasteiger partial charge in [0.15, 0.2) is 0 Å². The summed E-state index contributed by atoms with van der Waals surface area (Å²) in [5, 5.41) is 3.76. The maximum absolute atomic E-state index is 3.76. The van der Waals surface area contributed by atoms with Crippen molar-refractivity contribution in [1.82, 2.24) is 5.32 Å². The van der Waals surface area contributed by atoms with Crippen molar-refractivity contribution in [2.75, 3.05) is 6.54 Å². The molecule has 0 amide bonds. The van der Waals surface area contributed by atoms with Crippen molar-refractivity contribution in [2.24, 2.45) is 11.8 Å². The minimum Gasteiger partial charge on any atom is -0.314 e. The van der Waals surface area contributed by atoms with Gasteiger partial charge in [-0.1, -0.05) is 51.9 Å². The van der Waals surface area contributed by atoms with Crippen molar-refractivity contribution >= 4 is 0 Å². The Hall–Kier alpha value is -0.0400. The van der Waals surface area contributed by atoms with Crippen LogP contribution >= 0.6 is 0 Å². The lowest BCUT2D eigenvalue weighted by atomic mass is 9.84. The van der Waals surface area contributed by atoms with Crippen LogP contribution in [-0.2, 0) is 0 Å². The summed E-state index contributed by atoms with van der Waals surface area (Å²) < 4.78 is 0. The third-order valence-electron chi connectivity index (χ3n) is 4.71. The fourth-order valence-corrected chi connectivity index (χ4v) is 3.79. The molecule has 0 aromatic carbocycles. The first-order chi connectivity index (χ1) is 7.90. The van der Waals surface area contributed by atoms with E-state index in [9.17, 15) is 0 Å². The smallest absolute Gasteiger partial charge is 0.00698 e. The van der Waals surface area contributed by atoms with Gasteiger partial charge in [-0.25, -0.2) is 0 Å². The van der Waals surface area contributed by atoms with E-state index in [2.05, 4.69) is 12.2 Å². The molecule has 1 heteroatoms. The zero-order valence-corrected chi connectivity index (χ0v) is 11.0. The molecule has 1 N–H and O–H groups in total. The fourth-order valence-electron chi connectivity index (χ4n) is 3.79. The summed E-state index contributed by atoms with van der Waals surface area (Å²) in [4.78, 5) is 0. The number of hydrogen-bond donors (Lipinski definition) is 1. The highest BCUT2D eigenvalue weighted by atomic mass is 14.9. The van der Waals surface area contributed by atoms with Crippen LogP contribution in [0.1, 0.15) is 71.1 Å². The lowest BCUT2D eigenvalue weighted by Gasteiger charge is -2.25. The molecule has 0 aromatic rings. The Balaban J connectivity index is 1.82. The minimum absolute atomic E-state index is 0.841. The van der Waals surface area contributed by atoms with Gasteiger partial charge < -0.3 is 5.32 Å². The number of nitrogens with one attached hydrogen (secondary N) is 1. The van der Waals surface area contributed by atoms with Crippen molar-refractivity contribution < 1.29 is 0 Å². The zero-order valence-electron chi connectivity index (χ0n) is 11.0. The van der Waals surface area contributed by atoms with Crippen LogP contribution < -0.4 is 5.32 Å². The van der Waals surface area contributed by atoms with Gasteiger partial charge in [0, 0.05) is 6.04 Å². The van der Waals surface area contributed by atoms with Gasteiger partial charge in [0.25, 0.3) is 0 Å². The minimum atomic E-state index is 0.841. The Morgan fingerprint density at radius 2 is 1.50 bits per heavy atom. The van der Waals surface area contributed by atoms with Gasteiger partial charge in [-0.15, -0.1) is 0 Å². The van der Waals surface area contributed by atoms with Crippen LogP contribution in [0.4, 0.5) is 0 Å². The molecule has 0 spiro atoms. The van der Waals surface area contributed by atoms with E-state index in [0.29, 0.717) is 0 Å². The molecule has 1 nitrogen and oxygen atoms in total. The Morgan fingerprint density at radius 1 is 0.875 bits per heavy atom. The molecule has 2 saturated carbocycles. The van der Waals surface area contributed by atoms with Crippen molar-refractivity contribution in [3.8, 4) is 0 Å². The maximum Gasteiger partial charge on any atom is 0.00698 e. The Labute approximate surface area is 101 Å². The summed E-state index contributed by atoms with van der Waals surface area (Å²) in [5.74, 6) is 2.14. The largest absolute Gasteiger partial charge is 0.314 e. The molecular weight excluding hydrogens is 194 g/mol. The quantitative estimate of drug-likeness (QED) is 0.707. The summed E-state index contributed by atoms with van der Waals surface area (Å²) in [6, 6.07) is 0.841. The van der Waals surface area contributed by atoms with E-state index in [1.54, 1.807) is 0 Å². The van der Waals surface area contributed by atoms with Gasteiger partial charge in [0.2, 0.25) is 0 Å². The van der Waals surface area contributed by atoms with Crippen molar-refractivity contribution in [1.29, 1.82) is 0 Å². The molecule has 0 bridgehead atoms. The predicted molar refractivity (Wildman–Crippen MR) is 70.6 cm³/mol. The number of hydrogen-bond acceptors (Lipinski definition) is 1. The molecule has 16 heavy (non-hydrogen) atoms. The predicted octanol–water partition coefficient (Wildman–Crippen LogP) is 4.13. The summed E-state index contributed by atoms with van der Waals surface area (Å²) in [7, 11) is 0. The lowest BCUT2D eigenvalue weighted by molar-refractivity contribution is 0.278. The fraction of sp³-hybridized carbons (Fsp3) is 1.00. The second-order valence-electron chi connectivity index (χ2n) is 5.98. The van der Waals surface area contributed by atoms with E-state index in [-0.39, 0.29) is 0 Å². The summed E-state index contributed by atoms with van der Waals surface area (Å²) in [5.41, 5.74) is 0. The molecule has 0 aromatic heterocycles. The Bertz CT molecular complexity index is 184. The standard InChI is InChI=1S/C15H29N/c1-2-11-16-15-10-6-5-9-14(12-15)13-7-3-4-8-13/h13-16H,2-12H2,1H3. The highest BCUT2D eigenvalue weighted by molar-refractivity contribution is 4.82. The van der Waals surface area contributed by atoms with E-state index in [1.165, 1.54) is 70.8 Å². The first-order valence-electron chi connectivity index (χ1n) is 7.63. The molecule has 0 heterocycles. The van der Waals surface area contributed by atoms with Gasteiger partial charge in [-0.3, -0.25) is 0 Å². The molecule has 0 radical (unpaired) electrons. The van der Waals surface area contributed by atoms with Crippen LogP contribution in [0.15, 0.2) is 0 Å². The van der Waals surface area contributed by atoms with Gasteiger partial charge in [-0.2, -0.15) is 0 Å². The molecule has 94 valence electrons. The van der Waals surface area contributed by atoms with Crippen LogP contribution in [-0.4, -0.2) is 12.6 Å². The first kappa shape index (κ1) is 12.4. The zero-order chi connectivity index (χ0) is 11.2. The normalized spacial score (nSPS) is 32.8. The van der Waals surface area contributed by atoms with Crippen LogP contribution in [0.5, 0.6) is 0 Å². The molecular formula is C15H29N. The van der Waals surface area contributed by atoms with E-state index in [0.717, 1.165) is 17.9 Å². The molecule has 2 fully saturated rings. The van der Waals surface area contributed by atoms with E-state index in [4.69, 9.17) is 0 Å². The van der Waals surface area contributed by atoms with E-state index >= 15 is 0 Å². The molecule has 2 aliphatic carbocycles. The Kier molecular flexibility index (Phi) is 5.15. The topological polar surface area (TPSA) is 12.0 Å². The average molecular weight is 223 g/mol. The van der Waals surface area contributed by atoms with Gasteiger partial charge in [0.05, 0.1) is 0 Å². The summed E-state index contributed by atoms with van der Waals surface area (Å²) in [6.07, 6.45) is 14.8. The molecule has 2 rings (SSSR count). The highest BCUT2D eigenvalue weighted by Crippen LogP contribution is 2.38. The SMILES string of the molecule is CCCNC1CCCCC(C2CCCC2)C1. The molecule has 0 aliphatic heterocycles. The first-order valence-corrected chi connectivity index (χ1v) is 7.63. The van der Waals surface area contributed by atoms with Crippen molar-refractivity contribution in [2.45, 2.75) is 77.2 Å². The van der Waals surface area contributed by atoms with Gasteiger partial charge in [0.1, 0.15) is 0 Å². The molecule has 2 aliphatic rings. The third-order valence-corrected chi connectivity index (χ3v) is 4.71. The maximum atomic E-state index is 3.76. The number of rotatable bonds is 4. The lowest BCUT2D eigenvalue weighted by Crippen LogP contribution is -2.32. The molecule has 2 unspecified atom stereocenters. The van der Waals surface area contributed by atoms with E-state index < -0.39 is 0 Å². The molecule has 2 atom stereocenters. The van der Waals surface area contributed by atoms with Crippen molar-refractivity contribution in [3.63, 3.8) is 0 Å². The van der Waals surface area contributed by atoms with Crippen LogP contribution in [0.25, 0.3) is 0 Å². The average Bonchev–Trinajstić information content (AvgIpc) is 2.73. The monoisotopic (exact) mass is 223 g/mol. The van der Waals surface area contributed by atoms with Gasteiger partial charge in [-0.05, 0) is 37.6 Å². The van der Waals surface area contributed by atoms with Crippen LogP contribution in [0.2, 0.25) is 0 Å². The third kappa shape index (κ3) is 3.48. The Morgan fingerprint density at radius 3 is 2.19 bits per heavy atom. The summed E-state index contributed by atoms with van der Waals surface area (Å²) in [6.45, 7) is 3.50. The molecule has 0 saturated heterocycles. The second-order valence-corrected chi connectivity index (χ2v) is 5.98.